The fourth-order valence-corrected chi connectivity index (χ4v) is 5.06. The lowest BCUT2D eigenvalue weighted by atomic mass is 9.88. The molecule has 1 aromatic rings. The first kappa shape index (κ1) is 16.9. The Bertz CT molecular complexity index is 597. The van der Waals surface area contributed by atoms with Crippen LogP contribution in [0.1, 0.15) is 33.1 Å². The van der Waals surface area contributed by atoms with Crippen LogP contribution in [0.15, 0.2) is 29.2 Å². The van der Waals surface area contributed by atoms with Gasteiger partial charge < -0.3 is 14.8 Å². The standard InChI is InChI=1S/C17H27N3O2S/c1-14(2)7-10-20-11-8-17(9-12-20)13-18-15-5-3-4-6-16(15)23(21,22)19-17/h3-6,14,18H,7-13H2,1-2H3,(H-,19,21,22). The number of piperidine rings is 1. The number of para-hydroxylation sites is 1. The number of sulfonamides is 1. The Kier molecular flexibility index (Phi) is 4.78. The Morgan fingerprint density at radius 2 is 2.00 bits per heavy atom. The molecular formula is C17H27N3O2S. The average molecular weight is 337 g/mol. The zero-order chi connectivity index (χ0) is 16.5. The van der Waals surface area contributed by atoms with E-state index in [1.807, 2.05) is 12.1 Å². The van der Waals surface area contributed by atoms with Gasteiger partial charge in [-0.3, -0.25) is 0 Å². The van der Waals surface area contributed by atoms with Crippen molar-refractivity contribution >= 4 is 16.1 Å². The molecule has 23 heavy (non-hydrogen) atoms. The zero-order valence-electron chi connectivity index (χ0n) is 14.0. The molecule has 1 saturated heterocycles. The van der Waals surface area contributed by atoms with E-state index in [1.165, 1.54) is 6.42 Å². The minimum Gasteiger partial charge on any atom is -0.593 e. The molecule has 1 atom stereocenters. The highest BCUT2D eigenvalue weighted by Crippen LogP contribution is 2.33. The van der Waals surface area contributed by atoms with Gasteiger partial charge in [0.1, 0.15) is 0 Å². The monoisotopic (exact) mass is 337 g/mol. The van der Waals surface area contributed by atoms with Crippen LogP contribution in [0.5, 0.6) is 0 Å². The maximum absolute atomic E-state index is 12.7. The number of nitrogens with one attached hydrogen (secondary N) is 2. The Morgan fingerprint density at radius 3 is 2.70 bits per heavy atom. The molecule has 128 valence electrons. The van der Waals surface area contributed by atoms with Crippen molar-refractivity contribution in [2.75, 3.05) is 31.5 Å². The molecule has 0 aromatic heterocycles. The molecule has 0 saturated carbocycles. The lowest BCUT2D eigenvalue weighted by Crippen LogP contribution is -2.59. The Balaban J connectivity index is 1.70. The summed E-state index contributed by atoms with van der Waals surface area (Å²) in [5.74, 6) is 0.707. The van der Waals surface area contributed by atoms with Gasteiger partial charge in [-0.05, 0) is 43.9 Å². The number of hydrogen-bond acceptors (Lipinski definition) is 4. The third kappa shape index (κ3) is 3.76. The average Bonchev–Trinajstić information content (AvgIpc) is 2.62. The van der Waals surface area contributed by atoms with Crippen LogP contribution in [-0.4, -0.2) is 41.2 Å². The number of fused-ring (bicyclic) bond motifs is 1. The first-order chi connectivity index (χ1) is 10.9. The second-order valence-electron chi connectivity index (χ2n) is 7.26. The van der Waals surface area contributed by atoms with Crippen LogP contribution in [0.25, 0.3) is 0 Å². The number of anilines is 1. The summed E-state index contributed by atoms with van der Waals surface area (Å²) in [6.07, 6.45) is 2.90. The summed E-state index contributed by atoms with van der Waals surface area (Å²) in [6, 6.07) is 7.15. The molecule has 0 aliphatic carbocycles. The summed E-state index contributed by atoms with van der Waals surface area (Å²) >= 11 is 0. The summed E-state index contributed by atoms with van der Waals surface area (Å²) in [5, 5.41) is 3.35. The molecule has 1 unspecified atom stereocenters. The van der Waals surface area contributed by atoms with E-state index >= 15 is 0 Å². The molecule has 5 nitrogen and oxygen atoms in total. The molecule has 2 N–H and O–H groups in total. The Morgan fingerprint density at radius 1 is 1.30 bits per heavy atom. The van der Waals surface area contributed by atoms with Crippen LogP contribution < -0.4 is 10.0 Å². The van der Waals surface area contributed by atoms with Crippen LogP contribution >= 0.6 is 0 Å². The minimum atomic E-state index is -3.46. The maximum Gasteiger partial charge on any atom is 0.198 e. The highest BCUT2D eigenvalue weighted by Gasteiger charge is 2.44. The predicted octanol–water partition coefficient (Wildman–Crippen LogP) is 2.49. The highest BCUT2D eigenvalue weighted by molar-refractivity contribution is 7.96. The van der Waals surface area contributed by atoms with Crippen molar-refractivity contribution < 1.29 is 8.76 Å². The zero-order valence-corrected chi connectivity index (χ0v) is 14.8. The summed E-state index contributed by atoms with van der Waals surface area (Å²) in [4.78, 5) is 2.82. The second kappa shape index (κ2) is 6.51. The molecule has 1 spiro atoms. The number of rotatable bonds is 3. The van der Waals surface area contributed by atoms with Crippen molar-refractivity contribution in [2.45, 2.75) is 43.5 Å². The Labute approximate surface area is 140 Å². The lowest BCUT2D eigenvalue weighted by Gasteiger charge is -2.41. The van der Waals surface area contributed by atoms with Gasteiger partial charge in [-0.2, -0.15) is 0 Å². The Hall–Kier alpha value is -0.950. The SMILES string of the molecule is CC(C)CCN1CCC2(CC1)CNc1ccccc1[S+](=O)([O-])N2. The van der Waals surface area contributed by atoms with Crippen molar-refractivity contribution in [3.8, 4) is 0 Å². The van der Waals surface area contributed by atoms with Gasteiger partial charge in [0, 0.05) is 19.6 Å². The first-order valence-corrected chi connectivity index (χ1v) is 9.98. The van der Waals surface area contributed by atoms with Gasteiger partial charge in [-0.1, -0.05) is 30.2 Å². The van der Waals surface area contributed by atoms with Crippen LogP contribution in [0.2, 0.25) is 0 Å². The van der Waals surface area contributed by atoms with E-state index in [0.29, 0.717) is 23.0 Å². The minimum absolute atomic E-state index is 0.360. The molecule has 0 amide bonds. The van der Waals surface area contributed by atoms with Crippen LogP contribution in [0.3, 0.4) is 0 Å². The molecule has 1 aromatic carbocycles. The number of hydrogen-bond donors (Lipinski definition) is 2. The van der Waals surface area contributed by atoms with Crippen LogP contribution in [0, 0.1) is 5.92 Å². The molecule has 3 rings (SSSR count). The number of nitrogens with zero attached hydrogens (tertiary/aromatic N) is 1. The summed E-state index contributed by atoms with van der Waals surface area (Å²) in [7, 11) is -3.46. The highest BCUT2D eigenvalue weighted by atomic mass is 32.3. The van der Waals surface area contributed by atoms with Crippen LogP contribution in [-0.2, 0) is 14.6 Å². The normalized spacial score (nSPS) is 27.5. The molecular weight excluding hydrogens is 310 g/mol. The van der Waals surface area contributed by atoms with Crippen molar-refractivity contribution in [2.24, 2.45) is 5.92 Å². The van der Waals surface area contributed by atoms with E-state index < -0.39 is 10.4 Å². The van der Waals surface area contributed by atoms with Gasteiger partial charge in [-0.25, -0.2) is 0 Å². The fraction of sp³-hybridized carbons (Fsp3) is 0.647. The van der Waals surface area contributed by atoms with E-state index in [1.54, 1.807) is 12.1 Å². The van der Waals surface area contributed by atoms with Crippen molar-refractivity contribution in [1.82, 2.24) is 9.62 Å². The number of likely N-dealkylation sites (tertiary alicyclic amines) is 1. The molecule has 2 aliphatic rings. The van der Waals surface area contributed by atoms with E-state index in [4.69, 9.17) is 0 Å². The fourth-order valence-electron chi connectivity index (χ4n) is 3.41. The third-order valence-electron chi connectivity index (χ3n) is 4.98. The van der Waals surface area contributed by atoms with Gasteiger partial charge in [-0.15, -0.1) is 4.72 Å². The van der Waals surface area contributed by atoms with Gasteiger partial charge in [0.25, 0.3) is 0 Å². The number of benzene rings is 1. The topological polar surface area (TPSA) is 67.4 Å². The largest absolute Gasteiger partial charge is 0.593 e. The van der Waals surface area contributed by atoms with Gasteiger partial charge in [0.05, 0.1) is 11.2 Å². The lowest BCUT2D eigenvalue weighted by molar-refractivity contribution is 0.151. The van der Waals surface area contributed by atoms with E-state index in [0.717, 1.165) is 32.5 Å². The smallest absolute Gasteiger partial charge is 0.198 e. The summed E-state index contributed by atoms with van der Waals surface area (Å²) < 4.78 is 28.4. The molecule has 1 fully saturated rings. The van der Waals surface area contributed by atoms with E-state index in [-0.39, 0.29) is 5.54 Å². The maximum atomic E-state index is 12.7. The summed E-state index contributed by atoms with van der Waals surface area (Å²) in [6.45, 7) is 8.15. The van der Waals surface area contributed by atoms with Crippen molar-refractivity contribution in [3.05, 3.63) is 24.3 Å². The van der Waals surface area contributed by atoms with Crippen LogP contribution in [0.4, 0.5) is 5.69 Å². The second-order valence-corrected chi connectivity index (χ2v) is 8.91. The van der Waals surface area contributed by atoms with Gasteiger partial charge in [0.15, 0.2) is 15.3 Å². The quantitative estimate of drug-likeness (QED) is 0.832. The molecule has 2 aliphatic heterocycles. The first-order valence-electron chi connectivity index (χ1n) is 8.49. The third-order valence-corrected chi connectivity index (χ3v) is 6.62. The molecule has 6 heteroatoms. The molecule has 0 radical (unpaired) electrons. The van der Waals surface area contributed by atoms with Gasteiger partial charge >= 0.3 is 0 Å². The molecule has 2 heterocycles. The van der Waals surface area contributed by atoms with E-state index in [2.05, 4.69) is 28.8 Å². The van der Waals surface area contributed by atoms with Crippen molar-refractivity contribution in [3.63, 3.8) is 0 Å². The van der Waals surface area contributed by atoms with E-state index in [9.17, 15) is 8.76 Å². The predicted molar refractivity (Wildman–Crippen MR) is 93.0 cm³/mol. The van der Waals surface area contributed by atoms with Gasteiger partial charge in [0.2, 0.25) is 0 Å². The summed E-state index contributed by atoms with van der Waals surface area (Å²) in [5.41, 5.74) is 0.339. The van der Waals surface area contributed by atoms with Crippen molar-refractivity contribution in [1.29, 1.82) is 0 Å². The molecule has 0 bridgehead atoms.